The first-order valence-electron chi connectivity index (χ1n) is 16.8. The molecule has 0 aromatic heterocycles. The largest absolute Gasteiger partial charge is 0.508 e. The molecule has 7 nitrogen and oxygen atoms in total. The van der Waals surface area contributed by atoms with Crippen LogP contribution in [0, 0.1) is 5.92 Å². The van der Waals surface area contributed by atoms with Crippen molar-refractivity contribution >= 4 is 23.5 Å². The van der Waals surface area contributed by atoms with Crippen molar-refractivity contribution in [1.29, 1.82) is 0 Å². The van der Waals surface area contributed by atoms with Crippen LogP contribution in [0.2, 0.25) is 5.02 Å². The van der Waals surface area contributed by atoms with Crippen molar-refractivity contribution in [2.75, 3.05) is 27.2 Å². The number of phenolic OH excluding ortho intramolecular Hbond substituents is 1. The van der Waals surface area contributed by atoms with E-state index in [1.165, 1.54) is 24.8 Å². The maximum absolute atomic E-state index is 14.3. The van der Waals surface area contributed by atoms with Crippen LogP contribution in [0.3, 0.4) is 0 Å². The van der Waals surface area contributed by atoms with Gasteiger partial charge >= 0.3 is 6.03 Å². The molecular formula is C36H51ClN4O3. The maximum atomic E-state index is 14.3. The van der Waals surface area contributed by atoms with E-state index in [1.54, 1.807) is 17.0 Å². The normalized spacial score (nSPS) is 25.3. The van der Waals surface area contributed by atoms with Gasteiger partial charge in [0, 0.05) is 50.3 Å². The first-order valence-corrected chi connectivity index (χ1v) is 17.1. The highest BCUT2D eigenvalue weighted by atomic mass is 35.5. The number of carbonyl (C=O) groups is 2. The molecule has 0 bridgehead atoms. The number of hydrogen-bond donors (Lipinski definition) is 2. The van der Waals surface area contributed by atoms with Crippen LogP contribution in [0.25, 0.3) is 0 Å². The molecule has 1 saturated heterocycles. The summed E-state index contributed by atoms with van der Waals surface area (Å²) in [6.07, 6.45) is 11.3. The molecule has 2 aliphatic carbocycles. The lowest BCUT2D eigenvalue weighted by molar-refractivity contribution is -0.136. The molecule has 1 heterocycles. The van der Waals surface area contributed by atoms with Gasteiger partial charge in [0.2, 0.25) is 5.91 Å². The summed E-state index contributed by atoms with van der Waals surface area (Å²) in [6, 6.07) is 16.0. The third-order valence-corrected chi connectivity index (χ3v) is 10.5. The van der Waals surface area contributed by atoms with Gasteiger partial charge in [0.1, 0.15) is 5.75 Å². The fraction of sp³-hybridized carbons (Fsp3) is 0.611. The second kappa shape index (κ2) is 15.0. The molecule has 8 heteroatoms. The number of carbonyl (C=O) groups excluding carboxylic acids is 2. The molecule has 240 valence electrons. The second-order valence-corrected chi connectivity index (χ2v) is 14.1. The summed E-state index contributed by atoms with van der Waals surface area (Å²) in [5.74, 6) is 1.15. The van der Waals surface area contributed by atoms with Crippen LogP contribution in [0.4, 0.5) is 4.79 Å². The third kappa shape index (κ3) is 8.08. The molecule has 3 atom stereocenters. The number of aromatic hydroxyl groups is 1. The number of benzene rings is 2. The molecule has 2 unspecified atom stereocenters. The molecule has 0 spiro atoms. The van der Waals surface area contributed by atoms with Crippen molar-refractivity contribution in [2.45, 2.75) is 108 Å². The first-order chi connectivity index (χ1) is 21.2. The number of piperidine rings is 1. The number of likely N-dealkylation sites (tertiary alicyclic amines) is 1. The van der Waals surface area contributed by atoms with Gasteiger partial charge in [-0.1, -0.05) is 62.1 Å². The second-order valence-electron chi connectivity index (χ2n) is 13.7. The summed E-state index contributed by atoms with van der Waals surface area (Å²) in [4.78, 5) is 33.6. The lowest BCUT2D eigenvalue weighted by Gasteiger charge is -2.48. The number of hydrogen-bond acceptors (Lipinski definition) is 4. The Bertz CT molecular complexity index is 1220. The van der Waals surface area contributed by atoms with E-state index in [2.05, 4.69) is 22.0 Å². The molecule has 2 saturated carbocycles. The van der Waals surface area contributed by atoms with Crippen molar-refractivity contribution in [2.24, 2.45) is 5.92 Å². The zero-order chi connectivity index (χ0) is 31.2. The number of nitrogens with zero attached hydrogens (tertiary/aromatic N) is 3. The Morgan fingerprint density at radius 2 is 1.59 bits per heavy atom. The highest BCUT2D eigenvalue weighted by Crippen LogP contribution is 2.35. The van der Waals surface area contributed by atoms with Crippen molar-refractivity contribution in [3.8, 4) is 5.75 Å². The minimum atomic E-state index is -0.312. The van der Waals surface area contributed by atoms with Crippen LogP contribution >= 0.6 is 11.6 Å². The number of amides is 3. The van der Waals surface area contributed by atoms with Crippen molar-refractivity contribution in [3.63, 3.8) is 0 Å². The van der Waals surface area contributed by atoms with Gasteiger partial charge in [0.05, 0.1) is 6.04 Å². The maximum Gasteiger partial charge on any atom is 0.319 e. The fourth-order valence-corrected chi connectivity index (χ4v) is 7.95. The van der Waals surface area contributed by atoms with Crippen LogP contribution in [0.15, 0.2) is 48.5 Å². The molecule has 3 fully saturated rings. The Hall–Kier alpha value is -2.77. The summed E-state index contributed by atoms with van der Waals surface area (Å²) in [5, 5.41) is 14.2. The Morgan fingerprint density at radius 3 is 2.20 bits per heavy atom. The van der Waals surface area contributed by atoms with Crippen LogP contribution in [-0.4, -0.2) is 83.1 Å². The van der Waals surface area contributed by atoms with Gasteiger partial charge in [-0.2, -0.15) is 0 Å². The SMILES string of the molecule is CC1CN(C(=O)[C@@H](Cc2ccc(Cl)cc2)N[C@H]2CC[C@@H](c3ccc(O)cc3)CC2)CCC1N(C(=O)N(C)C)C1CCCCC1. The highest BCUT2D eigenvalue weighted by Gasteiger charge is 2.40. The summed E-state index contributed by atoms with van der Waals surface area (Å²) in [5.41, 5.74) is 2.38. The van der Waals surface area contributed by atoms with Crippen LogP contribution in [-0.2, 0) is 11.2 Å². The Morgan fingerprint density at radius 1 is 0.932 bits per heavy atom. The van der Waals surface area contributed by atoms with E-state index in [-0.39, 0.29) is 36.0 Å². The van der Waals surface area contributed by atoms with Crippen LogP contribution in [0.5, 0.6) is 5.75 Å². The smallest absolute Gasteiger partial charge is 0.319 e. The number of nitrogens with one attached hydrogen (secondary N) is 1. The zero-order valence-corrected chi connectivity index (χ0v) is 27.5. The predicted octanol–water partition coefficient (Wildman–Crippen LogP) is 6.83. The predicted molar refractivity (Wildman–Crippen MR) is 177 cm³/mol. The molecule has 2 aromatic rings. The van der Waals surface area contributed by atoms with E-state index in [9.17, 15) is 14.7 Å². The zero-order valence-electron chi connectivity index (χ0n) is 26.8. The van der Waals surface area contributed by atoms with E-state index < -0.39 is 0 Å². The summed E-state index contributed by atoms with van der Waals surface area (Å²) >= 11 is 6.18. The topological polar surface area (TPSA) is 76.1 Å². The lowest BCUT2D eigenvalue weighted by Crippen LogP contribution is -2.60. The molecule has 2 N–H and O–H groups in total. The Balaban J connectivity index is 1.26. The molecule has 1 aliphatic heterocycles. The lowest BCUT2D eigenvalue weighted by atomic mass is 9.81. The number of halogens is 1. The first kappa shape index (κ1) is 32.6. The summed E-state index contributed by atoms with van der Waals surface area (Å²) in [7, 11) is 3.71. The molecule has 2 aromatic carbocycles. The van der Waals surface area contributed by atoms with E-state index in [1.807, 2.05) is 50.5 Å². The summed E-state index contributed by atoms with van der Waals surface area (Å²) < 4.78 is 0. The standard InChI is InChI=1S/C36H51ClN4O3/c1-25-24-40(22-21-34(25)41(36(44)39(2)3)31-7-5-4-6-8-31)35(43)33(23-26-9-15-29(37)16-10-26)38-30-17-11-27(12-18-30)28-13-19-32(42)20-14-28/h9-10,13-16,19-20,25,27,30-31,33-34,38,42H,4-8,11-12,17-18,21-24H2,1-3H3/t25?,27-,30+,33-,34?/m1/s1. The quantitative estimate of drug-likeness (QED) is 0.339. The van der Waals surface area contributed by atoms with Crippen molar-refractivity contribution < 1.29 is 14.7 Å². The van der Waals surface area contributed by atoms with E-state index >= 15 is 0 Å². The van der Waals surface area contributed by atoms with E-state index in [0.717, 1.165) is 50.5 Å². The van der Waals surface area contributed by atoms with Gasteiger partial charge in [0.25, 0.3) is 0 Å². The molecule has 3 aliphatic rings. The molecule has 3 amide bonds. The van der Waals surface area contributed by atoms with E-state index in [4.69, 9.17) is 11.6 Å². The summed E-state index contributed by atoms with van der Waals surface area (Å²) in [6.45, 7) is 3.55. The fourth-order valence-electron chi connectivity index (χ4n) is 7.82. The third-order valence-electron chi connectivity index (χ3n) is 10.3. The van der Waals surface area contributed by atoms with Crippen molar-refractivity contribution in [1.82, 2.24) is 20.0 Å². The number of urea groups is 1. The van der Waals surface area contributed by atoms with Gasteiger partial charge in [-0.05, 0) is 98.6 Å². The van der Waals surface area contributed by atoms with Gasteiger partial charge in [-0.25, -0.2) is 4.79 Å². The van der Waals surface area contributed by atoms with Crippen LogP contribution in [0.1, 0.15) is 88.2 Å². The highest BCUT2D eigenvalue weighted by molar-refractivity contribution is 6.30. The molecule has 0 radical (unpaired) electrons. The number of rotatable bonds is 8. The molecule has 5 rings (SSSR count). The minimum absolute atomic E-state index is 0.110. The Kier molecular flexibility index (Phi) is 11.1. The number of phenols is 1. The van der Waals surface area contributed by atoms with Gasteiger partial charge < -0.3 is 25.1 Å². The van der Waals surface area contributed by atoms with Crippen molar-refractivity contribution in [3.05, 3.63) is 64.7 Å². The molecular weight excluding hydrogens is 572 g/mol. The van der Waals surface area contributed by atoms with Gasteiger partial charge in [0.15, 0.2) is 0 Å². The van der Waals surface area contributed by atoms with Crippen LogP contribution < -0.4 is 5.32 Å². The average Bonchev–Trinajstić information content (AvgIpc) is 3.03. The monoisotopic (exact) mass is 622 g/mol. The Labute approximate surface area is 268 Å². The average molecular weight is 623 g/mol. The molecule has 44 heavy (non-hydrogen) atoms. The van der Waals surface area contributed by atoms with Gasteiger partial charge in [-0.15, -0.1) is 0 Å². The van der Waals surface area contributed by atoms with E-state index in [0.29, 0.717) is 42.2 Å². The minimum Gasteiger partial charge on any atom is -0.508 e. The van der Waals surface area contributed by atoms with Gasteiger partial charge in [-0.3, -0.25) is 4.79 Å².